The molecule has 0 aromatic carbocycles. The summed E-state index contributed by atoms with van der Waals surface area (Å²) < 4.78 is 16.4. The number of likely N-dealkylation sites (tertiary alicyclic amines) is 1. The third-order valence-corrected chi connectivity index (χ3v) is 5.16. The van der Waals surface area contributed by atoms with Crippen LogP contribution in [0.25, 0.3) is 0 Å². The maximum absolute atomic E-state index is 12.9. The Morgan fingerprint density at radius 3 is 1.89 bits per heavy atom. The van der Waals surface area contributed by atoms with Gasteiger partial charge in [-0.25, -0.2) is 0 Å². The lowest BCUT2D eigenvalue weighted by Gasteiger charge is -2.25. The highest BCUT2D eigenvalue weighted by molar-refractivity contribution is 7.51. The number of rotatable bonds is 8. The molecule has 1 amide bonds. The lowest BCUT2D eigenvalue weighted by Crippen LogP contribution is -2.38. The van der Waals surface area contributed by atoms with E-state index in [1.165, 1.54) is 4.90 Å². The molecule has 0 spiro atoms. The van der Waals surface area contributed by atoms with Gasteiger partial charge >= 0.3 is 7.60 Å². The molecule has 1 rings (SSSR count). The van der Waals surface area contributed by atoms with Gasteiger partial charge in [0, 0.05) is 26.1 Å². The summed E-state index contributed by atoms with van der Waals surface area (Å²) in [6.45, 7) is 5.93. The van der Waals surface area contributed by atoms with E-state index in [0.717, 1.165) is 6.66 Å². The van der Waals surface area contributed by atoms with Crippen molar-refractivity contribution in [3.05, 3.63) is 104 Å². The van der Waals surface area contributed by atoms with Crippen LogP contribution in [0.3, 0.4) is 0 Å². The highest BCUT2D eigenvalue weighted by atomic mass is 31.2. The smallest absolute Gasteiger partial charge is 0.325 e. The van der Waals surface area contributed by atoms with E-state index in [1.807, 2.05) is 0 Å². The molecular formula is C30H24NO6P. The van der Waals surface area contributed by atoms with E-state index < -0.39 is 19.7 Å². The van der Waals surface area contributed by atoms with Crippen LogP contribution < -0.4 is 0 Å². The zero-order valence-electron chi connectivity index (χ0n) is 21.0. The normalized spacial score (nSPS) is 15.6. The molecule has 1 heterocycles. The summed E-state index contributed by atoms with van der Waals surface area (Å²) >= 11 is 0. The number of nitrogens with zero attached hydrogens (tertiary/aromatic N) is 1. The minimum absolute atomic E-state index is 0.0111. The summed E-state index contributed by atoms with van der Waals surface area (Å²) in [5, 5.41) is 9.98. The number of β-amino-alcohol motifs (C(OH)–C–C–N with tert-alkyl or cyclic N) is 1. The summed E-state index contributed by atoms with van der Waals surface area (Å²) in [5.74, 6) is -0.469. The second-order valence-corrected chi connectivity index (χ2v) is 9.45. The molecule has 0 aromatic heterocycles. The second kappa shape index (κ2) is 17.8. The number of amides is 1. The fraction of sp³-hybridized carbons (Fsp3) is 0.333. The van der Waals surface area contributed by atoms with Crippen LogP contribution in [-0.2, 0) is 18.7 Å². The number of Topliss-reactive ketones (excluding diaryl/α,β-unsaturated/α-hetero) is 1. The predicted molar refractivity (Wildman–Crippen MR) is 138 cm³/mol. The molecule has 38 heavy (non-hydrogen) atoms. The predicted octanol–water partition coefficient (Wildman–Crippen LogP) is 3.58. The van der Waals surface area contributed by atoms with Gasteiger partial charge in [-0.1, -0.05) is 18.4 Å². The molecule has 7 nitrogen and oxygen atoms in total. The highest BCUT2D eigenvalue weighted by Crippen LogP contribution is 2.37. The van der Waals surface area contributed by atoms with E-state index in [9.17, 15) is 24.2 Å². The summed E-state index contributed by atoms with van der Waals surface area (Å²) in [6, 6.07) is -0.561. The number of hydrogen-bond donors (Lipinski definition) is 2. The molecule has 3 atom stereocenters. The number of aliphatic hydroxyl groups excluding tert-OH is 1. The number of hydrogen-bond acceptors (Lipinski definition) is 5. The van der Waals surface area contributed by atoms with Crippen LogP contribution in [0, 0.1) is 0 Å². The Bertz CT molecular complexity index is 1610. The molecule has 2 N–H and O–H groups in total. The summed E-state index contributed by atoms with van der Waals surface area (Å²) in [4.78, 5) is 35.6. The number of ketones is 1. The summed E-state index contributed by atoms with van der Waals surface area (Å²) in [6.07, 6.45) is -0.445. The minimum Gasteiger partial charge on any atom is -0.391 e. The molecule has 1 aliphatic rings. The van der Waals surface area contributed by atoms with Crippen LogP contribution in [0.1, 0.15) is 32.6 Å². The highest BCUT2D eigenvalue weighted by Gasteiger charge is 2.35. The van der Waals surface area contributed by atoms with Gasteiger partial charge < -0.3 is 19.4 Å². The van der Waals surface area contributed by atoms with E-state index in [1.54, 1.807) is 6.92 Å². The molecule has 1 aliphatic heterocycles. The summed E-state index contributed by atoms with van der Waals surface area (Å²) in [7, 11) is -3.73. The van der Waals surface area contributed by atoms with Crippen LogP contribution in [0.4, 0.5) is 0 Å². The Balaban J connectivity index is 3.27. The minimum atomic E-state index is -3.73. The third kappa shape index (κ3) is 14.8. The van der Waals surface area contributed by atoms with Gasteiger partial charge in [-0.2, -0.15) is 0 Å². The molecule has 0 radical (unpaired) electrons. The zero-order chi connectivity index (χ0) is 28.2. The van der Waals surface area contributed by atoms with E-state index >= 15 is 0 Å². The Kier molecular flexibility index (Phi) is 14.8. The van der Waals surface area contributed by atoms with Gasteiger partial charge in [-0.3, -0.25) is 14.2 Å². The molecule has 190 valence electrons. The number of carbonyl (C=O) groups excluding carboxylic acids is 2. The van der Waals surface area contributed by atoms with Gasteiger partial charge in [0.25, 0.3) is 0 Å². The Morgan fingerprint density at radius 1 is 0.921 bits per heavy atom. The lowest BCUT2D eigenvalue weighted by molar-refractivity contribution is -0.132. The van der Waals surface area contributed by atoms with Crippen LogP contribution >= 0.6 is 7.60 Å². The van der Waals surface area contributed by atoms with Gasteiger partial charge in [-0.05, 0) is 98.8 Å². The molecule has 1 unspecified atom stereocenters. The maximum Gasteiger partial charge on any atom is 0.325 e. The van der Waals surface area contributed by atoms with Crippen LogP contribution in [0.5, 0.6) is 0 Å². The number of aliphatic hydroxyl groups is 1. The molecule has 1 fully saturated rings. The fourth-order valence-electron chi connectivity index (χ4n) is 2.92. The average Bonchev–Trinajstić information content (AvgIpc) is 3.25. The first-order valence-corrected chi connectivity index (χ1v) is 13.3. The average molecular weight is 525 g/mol. The van der Waals surface area contributed by atoms with Crippen LogP contribution in [-0.4, -0.2) is 58.6 Å². The van der Waals surface area contributed by atoms with Crippen molar-refractivity contribution in [1.82, 2.24) is 4.90 Å². The van der Waals surface area contributed by atoms with Crippen molar-refractivity contribution in [2.24, 2.45) is 0 Å². The Hall–Kier alpha value is -4.53. The number of carbonyl (C=O) groups is 2. The van der Waals surface area contributed by atoms with Crippen molar-refractivity contribution >= 4 is 19.3 Å². The molecule has 0 saturated carbocycles. The first-order valence-electron chi connectivity index (χ1n) is 11.2. The zero-order valence-corrected chi connectivity index (χ0v) is 21.9. The van der Waals surface area contributed by atoms with Crippen molar-refractivity contribution < 1.29 is 28.7 Å². The van der Waals surface area contributed by atoms with E-state index in [2.05, 4.69) is 98.3 Å². The van der Waals surface area contributed by atoms with Gasteiger partial charge in [0.2, 0.25) is 5.91 Å². The fourth-order valence-corrected chi connectivity index (χ4v) is 3.37. The first-order chi connectivity index (χ1) is 18.2. The standard InChI is InChI=1S/C30H24NO6P/c1-4-6-7-8-9-10-11-12-13-14-15-16-17-18-19-20-26(21-28(32)5-2)22-30(34)31-24-29(33)23-27(31)25-37-38(3,35)36/h27,29,33H,1,5,21-25H2,2-3H3,(H,35,36)/t27-,29+/m1/s1. The van der Waals surface area contributed by atoms with E-state index in [-0.39, 0.29) is 50.5 Å². The van der Waals surface area contributed by atoms with Crippen LogP contribution in [0.2, 0.25) is 0 Å². The monoisotopic (exact) mass is 525 g/mol. The van der Waals surface area contributed by atoms with E-state index in [4.69, 9.17) is 4.52 Å². The molecule has 0 aromatic rings. The van der Waals surface area contributed by atoms with Gasteiger partial charge in [0.05, 0.1) is 25.2 Å². The first kappa shape index (κ1) is 31.5. The van der Waals surface area contributed by atoms with Crippen molar-refractivity contribution in [1.29, 1.82) is 0 Å². The summed E-state index contributed by atoms with van der Waals surface area (Å²) in [5.41, 5.74) is 40.3. The molecule has 0 aliphatic carbocycles. The SMILES string of the molecule is C=C=C=C=C=C=C=C=C=C=C=C=C=C=C=C=C=C(CC(=O)CC)CC(=O)N1C[C@@H](O)C[C@@H]1COP(C)(=O)O. The topological polar surface area (TPSA) is 104 Å². The quantitative estimate of drug-likeness (QED) is 0.371. The van der Waals surface area contributed by atoms with Crippen molar-refractivity contribution in [3.8, 4) is 0 Å². The van der Waals surface area contributed by atoms with Gasteiger partial charge in [0.15, 0.2) is 0 Å². The third-order valence-electron chi connectivity index (χ3n) is 4.53. The maximum atomic E-state index is 12.9. The molecule has 0 bridgehead atoms. The second-order valence-electron chi connectivity index (χ2n) is 7.59. The molecule has 1 saturated heterocycles. The van der Waals surface area contributed by atoms with Gasteiger partial charge in [-0.15, -0.1) is 0 Å². The van der Waals surface area contributed by atoms with E-state index in [0.29, 0.717) is 5.57 Å². The lowest BCUT2D eigenvalue weighted by atomic mass is 10.0. The molecule has 8 heteroatoms. The van der Waals surface area contributed by atoms with Gasteiger partial charge in [0.1, 0.15) is 5.78 Å². The van der Waals surface area contributed by atoms with Crippen LogP contribution in [0.15, 0.2) is 104 Å². The molecular weight excluding hydrogens is 501 g/mol. The van der Waals surface area contributed by atoms with Crippen molar-refractivity contribution in [2.75, 3.05) is 19.8 Å². The largest absolute Gasteiger partial charge is 0.391 e. The Labute approximate surface area is 221 Å². The van der Waals surface area contributed by atoms with Crippen molar-refractivity contribution in [2.45, 2.75) is 44.8 Å². The Morgan fingerprint density at radius 2 is 1.42 bits per heavy atom. The van der Waals surface area contributed by atoms with Crippen molar-refractivity contribution in [3.63, 3.8) is 0 Å².